The molecule has 130 valence electrons. The van der Waals surface area contributed by atoms with Crippen molar-refractivity contribution in [2.45, 2.75) is 12.7 Å². The van der Waals surface area contributed by atoms with Gasteiger partial charge in [0.2, 0.25) is 0 Å². The molecular formula is C23H20O3. The number of hydrogen-bond donors (Lipinski definition) is 0. The number of benzene rings is 3. The van der Waals surface area contributed by atoms with Crippen LogP contribution in [0.15, 0.2) is 97.6 Å². The minimum Gasteiger partial charge on any atom is -0.450 e. The number of ether oxygens (including phenoxy) is 2. The number of carbonyl (C=O) groups is 1. The summed E-state index contributed by atoms with van der Waals surface area (Å²) < 4.78 is 11.5. The molecule has 0 radical (unpaired) electrons. The summed E-state index contributed by atoms with van der Waals surface area (Å²) in [7, 11) is 0. The average molecular weight is 344 g/mol. The molecule has 26 heavy (non-hydrogen) atoms. The van der Waals surface area contributed by atoms with E-state index in [9.17, 15) is 4.79 Å². The van der Waals surface area contributed by atoms with Crippen LogP contribution in [0.1, 0.15) is 23.0 Å². The summed E-state index contributed by atoms with van der Waals surface area (Å²) in [6, 6.07) is 27.3. The van der Waals surface area contributed by atoms with Gasteiger partial charge in [0.15, 0.2) is 0 Å². The van der Waals surface area contributed by atoms with Gasteiger partial charge in [-0.05, 0) is 17.2 Å². The van der Waals surface area contributed by atoms with Crippen molar-refractivity contribution in [3.63, 3.8) is 0 Å². The maximum absolute atomic E-state index is 11.7. The van der Waals surface area contributed by atoms with E-state index in [-0.39, 0.29) is 0 Å². The second-order valence-corrected chi connectivity index (χ2v) is 5.77. The number of carbonyl (C=O) groups excluding carboxylic acids is 1. The van der Waals surface area contributed by atoms with Crippen LogP contribution in [0.2, 0.25) is 0 Å². The highest BCUT2D eigenvalue weighted by Crippen LogP contribution is 2.28. The first-order chi connectivity index (χ1) is 12.8. The van der Waals surface area contributed by atoms with Gasteiger partial charge in [-0.3, -0.25) is 0 Å². The highest BCUT2D eigenvalue weighted by molar-refractivity contribution is 5.81. The minimum atomic E-state index is -0.835. The molecule has 3 nitrogen and oxygen atoms in total. The molecule has 0 heterocycles. The van der Waals surface area contributed by atoms with Crippen molar-refractivity contribution in [2.24, 2.45) is 0 Å². The molecule has 0 aliphatic heterocycles. The molecule has 0 aliphatic carbocycles. The molecule has 0 N–H and O–H groups in total. The zero-order valence-electron chi connectivity index (χ0n) is 14.4. The smallest absolute Gasteiger partial charge is 0.333 e. The van der Waals surface area contributed by atoms with Gasteiger partial charge in [-0.15, -0.1) is 0 Å². The Bertz CT molecular complexity index is 857. The van der Waals surface area contributed by atoms with Gasteiger partial charge in [0.1, 0.15) is 5.75 Å². The van der Waals surface area contributed by atoms with E-state index in [1.54, 1.807) is 0 Å². The van der Waals surface area contributed by atoms with Crippen LogP contribution in [0.25, 0.3) is 0 Å². The second kappa shape index (κ2) is 8.67. The molecular weight excluding hydrogens is 324 g/mol. The van der Waals surface area contributed by atoms with Gasteiger partial charge in [-0.1, -0.05) is 85.4 Å². The maximum atomic E-state index is 11.7. The van der Waals surface area contributed by atoms with E-state index >= 15 is 0 Å². The molecule has 0 fully saturated rings. The molecule has 1 atom stereocenters. The average Bonchev–Trinajstić information content (AvgIpc) is 2.70. The summed E-state index contributed by atoms with van der Waals surface area (Å²) in [4.78, 5) is 11.7. The van der Waals surface area contributed by atoms with E-state index in [1.807, 2.05) is 72.8 Å². The zero-order valence-corrected chi connectivity index (χ0v) is 14.4. The Morgan fingerprint density at radius 1 is 0.885 bits per heavy atom. The van der Waals surface area contributed by atoms with E-state index in [1.165, 1.54) is 5.56 Å². The third kappa shape index (κ3) is 4.61. The Morgan fingerprint density at radius 2 is 1.50 bits per heavy atom. The van der Waals surface area contributed by atoms with Crippen LogP contribution in [-0.4, -0.2) is 5.97 Å². The lowest BCUT2D eigenvalue weighted by Gasteiger charge is -2.21. The molecule has 1 unspecified atom stereocenters. The molecule has 0 aliphatic rings. The lowest BCUT2D eigenvalue weighted by molar-refractivity contribution is -0.158. The maximum Gasteiger partial charge on any atom is 0.333 e. The summed E-state index contributed by atoms with van der Waals surface area (Å²) >= 11 is 0. The van der Waals surface area contributed by atoms with E-state index in [2.05, 4.69) is 18.7 Å². The van der Waals surface area contributed by atoms with Gasteiger partial charge in [-0.2, -0.15) is 0 Å². The van der Waals surface area contributed by atoms with E-state index in [4.69, 9.17) is 9.47 Å². The number of esters is 1. The molecule has 3 rings (SSSR count). The largest absolute Gasteiger partial charge is 0.450 e. The van der Waals surface area contributed by atoms with Crippen LogP contribution in [0, 0.1) is 0 Å². The van der Waals surface area contributed by atoms with Crippen molar-refractivity contribution in [3.05, 3.63) is 114 Å². The molecule has 0 bridgehead atoms. The van der Waals surface area contributed by atoms with Crippen LogP contribution in [0.3, 0.4) is 0 Å². The first kappa shape index (κ1) is 17.5. The molecule has 0 saturated carbocycles. The summed E-state index contributed by atoms with van der Waals surface area (Å²) in [6.07, 6.45) is 1.03. The Balaban J connectivity index is 1.87. The standard InChI is InChI=1S/C23H20O3/c1-2-22(24)26-23(19-13-7-4-8-14-19)25-21-16-10-9-15-20(21)17-18-11-5-3-6-12-18/h2-16,23H,1,17H2. The molecule has 3 aromatic rings. The summed E-state index contributed by atoms with van der Waals surface area (Å²) in [5.74, 6) is 0.154. The Morgan fingerprint density at radius 3 is 2.19 bits per heavy atom. The van der Waals surface area contributed by atoms with E-state index in [0.29, 0.717) is 5.75 Å². The predicted molar refractivity (Wildman–Crippen MR) is 102 cm³/mol. The number of para-hydroxylation sites is 1. The van der Waals surface area contributed by atoms with Gasteiger partial charge >= 0.3 is 5.97 Å². The van der Waals surface area contributed by atoms with Gasteiger partial charge < -0.3 is 9.47 Å². The second-order valence-electron chi connectivity index (χ2n) is 5.77. The van der Waals surface area contributed by atoms with Crippen molar-refractivity contribution >= 4 is 5.97 Å². The van der Waals surface area contributed by atoms with Crippen molar-refractivity contribution in [1.29, 1.82) is 0 Å². The van der Waals surface area contributed by atoms with Crippen LogP contribution >= 0.6 is 0 Å². The fourth-order valence-corrected chi connectivity index (χ4v) is 2.62. The van der Waals surface area contributed by atoms with E-state index in [0.717, 1.165) is 23.6 Å². The topological polar surface area (TPSA) is 35.5 Å². The van der Waals surface area contributed by atoms with Gasteiger partial charge in [0.25, 0.3) is 6.29 Å². The van der Waals surface area contributed by atoms with Gasteiger partial charge in [0.05, 0.1) is 0 Å². The van der Waals surface area contributed by atoms with Gasteiger partial charge in [0, 0.05) is 18.1 Å². The molecule has 0 saturated heterocycles. The Labute approximate surface area is 153 Å². The van der Waals surface area contributed by atoms with Crippen molar-refractivity contribution in [1.82, 2.24) is 0 Å². The number of hydrogen-bond acceptors (Lipinski definition) is 3. The normalized spacial score (nSPS) is 11.4. The third-order valence-electron chi connectivity index (χ3n) is 3.91. The third-order valence-corrected chi connectivity index (χ3v) is 3.91. The molecule has 0 spiro atoms. The first-order valence-electron chi connectivity index (χ1n) is 8.43. The summed E-state index contributed by atoms with van der Waals surface area (Å²) in [5.41, 5.74) is 2.97. The highest BCUT2D eigenvalue weighted by atomic mass is 16.7. The summed E-state index contributed by atoms with van der Waals surface area (Å²) in [6.45, 7) is 3.46. The van der Waals surface area contributed by atoms with Crippen LogP contribution in [0.4, 0.5) is 0 Å². The van der Waals surface area contributed by atoms with Crippen molar-refractivity contribution in [2.75, 3.05) is 0 Å². The van der Waals surface area contributed by atoms with Crippen LogP contribution in [-0.2, 0) is 16.0 Å². The molecule has 0 aromatic heterocycles. The Kier molecular flexibility index (Phi) is 5.84. The van der Waals surface area contributed by atoms with Crippen LogP contribution in [0.5, 0.6) is 5.75 Å². The van der Waals surface area contributed by atoms with Crippen molar-refractivity contribution < 1.29 is 14.3 Å². The van der Waals surface area contributed by atoms with Crippen molar-refractivity contribution in [3.8, 4) is 5.75 Å². The first-order valence-corrected chi connectivity index (χ1v) is 8.43. The minimum absolute atomic E-state index is 0.528. The summed E-state index contributed by atoms with van der Waals surface area (Å²) in [5, 5.41) is 0. The van der Waals surface area contributed by atoms with E-state index < -0.39 is 12.3 Å². The zero-order chi connectivity index (χ0) is 18.2. The molecule has 3 heteroatoms. The quantitative estimate of drug-likeness (QED) is 0.340. The highest BCUT2D eigenvalue weighted by Gasteiger charge is 2.18. The molecule has 0 amide bonds. The fraction of sp³-hybridized carbons (Fsp3) is 0.0870. The molecule has 3 aromatic carbocycles. The Hall–Kier alpha value is -3.33. The SMILES string of the molecule is C=CC(=O)OC(Oc1ccccc1Cc1ccccc1)c1ccccc1. The van der Waals surface area contributed by atoms with Gasteiger partial charge in [-0.25, -0.2) is 4.79 Å². The monoisotopic (exact) mass is 344 g/mol. The number of rotatable bonds is 7. The lowest BCUT2D eigenvalue weighted by Crippen LogP contribution is -2.16. The predicted octanol–water partition coefficient (Wildman–Crippen LogP) is 5.08. The fourth-order valence-electron chi connectivity index (χ4n) is 2.62. The van der Waals surface area contributed by atoms with Crippen LogP contribution < -0.4 is 4.74 Å². The lowest BCUT2D eigenvalue weighted by atomic mass is 10.0.